The molecule has 1 N–H and O–H groups in total. The van der Waals surface area contributed by atoms with E-state index in [0.29, 0.717) is 12.5 Å². The van der Waals surface area contributed by atoms with E-state index in [2.05, 4.69) is 36.5 Å². The van der Waals surface area contributed by atoms with Gasteiger partial charge in [-0.05, 0) is 30.9 Å². The minimum atomic E-state index is 0.466. The third-order valence-electron chi connectivity index (χ3n) is 3.01. The molecule has 0 radical (unpaired) electrons. The summed E-state index contributed by atoms with van der Waals surface area (Å²) in [6.07, 6.45) is 2.93. The van der Waals surface area contributed by atoms with E-state index in [0.717, 1.165) is 6.54 Å². The Morgan fingerprint density at radius 1 is 1.53 bits per heavy atom. The Balaban J connectivity index is 2.07. The molecule has 2 nitrogen and oxygen atoms in total. The fourth-order valence-corrected chi connectivity index (χ4v) is 2.24. The lowest BCUT2D eigenvalue weighted by atomic mass is 10.1. The molecule has 78 valence electrons. The maximum atomic E-state index is 8.49. The Morgan fingerprint density at radius 2 is 2.40 bits per heavy atom. The van der Waals surface area contributed by atoms with Crippen LogP contribution in [0.2, 0.25) is 0 Å². The van der Waals surface area contributed by atoms with Crippen LogP contribution in [0.4, 0.5) is 0 Å². The van der Waals surface area contributed by atoms with Crippen molar-refractivity contribution in [2.75, 3.05) is 6.54 Å². The molecule has 0 bridgehead atoms. The molecule has 1 atom stereocenters. The number of nitriles is 1. The molecular formula is C13H16N2. The van der Waals surface area contributed by atoms with Gasteiger partial charge in [0.25, 0.3) is 0 Å². The Bertz CT molecular complexity index is 390. The topological polar surface area (TPSA) is 35.8 Å². The molecule has 1 aliphatic rings. The standard InChI is InChI=1S/C13H16N2/c1-10-3-4-11-5-6-13(12(11)9-10)15-8-2-7-14/h3-4,9,13,15H,2,5-6,8H2,1H3. The highest BCUT2D eigenvalue weighted by molar-refractivity contribution is 5.37. The Kier molecular flexibility index (Phi) is 3.03. The van der Waals surface area contributed by atoms with Crippen LogP contribution >= 0.6 is 0 Å². The summed E-state index contributed by atoms with van der Waals surface area (Å²) in [5.41, 5.74) is 4.23. The van der Waals surface area contributed by atoms with E-state index in [9.17, 15) is 0 Å². The molecule has 15 heavy (non-hydrogen) atoms. The lowest BCUT2D eigenvalue weighted by Gasteiger charge is -2.13. The van der Waals surface area contributed by atoms with Crippen molar-refractivity contribution in [3.8, 4) is 6.07 Å². The third kappa shape index (κ3) is 2.19. The fourth-order valence-electron chi connectivity index (χ4n) is 2.24. The van der Waals surface area contributed by atoms with Gasteiger partial charge < -0.3 is 5.32 Å². The van der Waals surface area contributed by atoms with Gasteiger partial charge in [0.1, 0.15) is 0 Å². The van der Waals surface area contributed by atoms with Crippen LogP contribution in [0.3, 0.4) is 0 Å². The fraction of sp³-hybridized carbons (Fsp3) is 0.462. The van der Waals surface area contributed by atoms with Crippen LogP contribution in [0.5, 0.6) is 0 Å². The molecular weight excluding hydrogens is 184 g/mol. The zero-order valence-electron chi connectivity index (χ0n) is 9.09. The van der Waals surface area contributed by atoms with Crippen LogP contribution in [-0.2, 0) is 6.42 Å². The van der Waals surface area contributed by atoms with Crippen LogP contribution in [0.25, 0.3) is 0 Å². The van der Waals surface area contributed by atoms with Crippen molar-refractivity contribution in [3.63, 3.8) is 0 Å². The summed E-state index contributed by atoms with van der Waals surface area (Å²) in [7, 11) is 0. The van der Waals surface area contributed by atoms with Gasteiger partial charge >= 0.3 is 0 Å². The number of nitrogens with one attached hydrogen (secondary N) is 1. The Morgan fingerprint density at radius 3 is 3.20 bits per heavy atom. The van der Waals surface area contributed by atoms with E-state index in [1.54, 1.807) is 0 Å². The molecule has 1 aromatic rings. The molecule has 0 spiro atoms. The minimum absolute atomic E-state index is 0.466. The van der Waals surface area contributed by atoms with Gasteiger partial charge in [0, 0.05) is 19.0 Å². The first-order valence-electron chi connectivity index (χ1n) is 5.51. The summed E-state index contributed by atoms with van der Waals surface area (Å²) in [5.74, 6) is 0. The number of aryl methyl sites for hydroxylation is 2. The predicted octanol–water partition coefficient (Wildman–Crippen LogP) is 2.49. The maximum Gasteiger partial charge on any atom is 0.0635 e. The van der Waals surface area contributed by atoms with Crippen molar-refractivity contribution in [2.45, 2.75) is 32.2 Å². The highest BCUT2D eigenvalue weighted by Gasteiger charge is 2.21. The van der Waals surface area contributed by atoms with Gasteiger partial charge in [-0.1, -0.05) is 23.8 Å². The molecule has 0 saturated carbocycles. The third-order valence-corrected chi connectivity index (χ3v) is 3.01. The second kappa shape index (κ2) is 4.46. The van der Waals surface area contributed by atoms with Crippen LogP contribution in [0.1, 0.15) is 35.6 Å². The molecule has 0 aromatic heterocycles. The number of benzene rings is 1. The molecule has 2 rings (SSSR count). The molecule has 0 amide bonds. The highest BCUT2D eigenvalue weighted by Crippen LogP contribution is 2.31. The van der Waals surface area contributed by atoms with Crippen molar-refractivity contribution >= 4 is 0 Å². The van der Waals surface area contributed by atoms with Crippen molar-refractivity contribution in [3.05, 3.63) is 34.9 Å². The van der Waals surface area contributed by atoms with Gasteiger partial charge in [0.2, 0.25) is 0 Å². The van der Waals surface area contributed by atoms with Crippen molar-refractivity contribution < 1.29 is 0 Å². The normalized spacial score (nSPS) is 18.5. The monoisotopic (exact) mass is 200 g/mol. The van der Waals surface area contributed by atoms with E-state index in [1.165, 1.54) is 29.5 Å². The number of hydrogen-bond acceptors (Lipinski definition) is 2. The summed E-state index contributed by atoms with van der Waals surface area (Å²) in [4.78, 5) is 0. The van der Waals surface area contributed by atoms with Crippen molar-refractivity contribution in [1.29, 1.82) is 5.26 Å². The first-order chi connectivity index (χ1) is 7.31. The number of nitrogens with zero attached hydrogens (tertiary/aromatic N) is 1. The average molecular weight is 200 g/mol. The summed E-state index contributed by atoms with van der Waals surface area (Å²) in [5, 5.41) is 11.9. The van der Waals surface area contributed by atoms with Crippen LogP contribution in [-0.4, -0.2) is 6.54 Å². The van der Waals surface area contributed by atoms with Gasteiger partial charge in [0.05, 0.1) is 6.07 Å². The quantitative estimate of drug-likeness (QED) is 0.761. The van der Waals surface area contributed by atoms with Gasteiger partial charge in [0.15, 0.2) is 0 Å². The van der Waals surface area contributed by atoms with Crippen LogP contribution in [0, 0.1) is 18.3 Å². The minimum Gasteiger partial charge on any atom is -0.309 e. The first-order valence-corrected chi connectivity index (χ1v) is 5.51. The van der Waals surface area contributed by atoms with E-state index < -0.39 is 0 Å². The van der Waals surface area contributed by atoms with Crippen LogP contribution < -0.4 is 5.32 Å². The molecule has 1 unspecified atom stereocenters. The van der Waals surface area contributed by atoms with Gasteiger partial charge in [-0.3, -0.25) is 0 Å². The second-order valence-electron chi connectivity index (χ2n) is 4.16. The van der Waals surface area contributed by atoms with Crippen LogP contribution in [0.15, 0.2) is 18.2 Å². The molecule has 2 heteroatoms. The van der Waals surface area contributed by atoms with Gasteiger partial charge in [-0.2, -0.15) is 5.26 Å². The summed E-state index contributed by atoms with van der Waals surface area (Å²) < 4.78 is 0. The lowest BCUT2D eigenvalue weighted by Crippen LogP contribution is -2.20. The molecule has 0 aliphatic heterocycles. The summed E-state index contributed by atoms with van der Waals surface area (Å²) in [6, 6.07) is 9.31. The first kappa shape index (κ1) is 10.2. The van der Waals surface area contributed by atoms with E-state index >= 15 is 0 Å². The average Bonchev–Trinajstić information content (AvgIpc) is 2.62. The number of rotatable bonds is 3. The zero-order chi connectivity index (χ0) is 10.7. The largest absolute Gasteiger partial charge is 0.309 e. The molecule has 1 aliphatic carbocycles. The molecule has 0 heterocycles. The molecule has 0 fully saturated rings. The lowest BCUT2D eigenvalue weighted by molar-refractivity contribution is 0.538. The highest BCUT2D eigenvalue weighted by atomic mass is 14.9. The Labute approximate surface area is 90.9 Å². The predicted molar refractivity (Wildman–Crippen MR) is 60.5 cm³/mol. The zero-order valence-corrected chi connectivity index (χ0v) is 9.09. The smallest absolute Gasteiger partial charge is 0.0635 e. The second-order valence-corrected chi connectivity index (χ2v) is 4.16. The van der Waals surface area contributed by atoms with Crippen molar-refractivity contribution in [1.82, 2.24) is 5.32 Å². The Hall–Kier alpha value is -1.33. The van der Waals surface area contributed by atoms with E-state index in [-0.39, 0.29) is 0 Å². The number of hydrogen-bond donors (Lipinski definition) is 1. The maximum absolute atomic E-state index is 8.49. The SMILES string of the molecule is Cc1ccc2c(c1)C(NCCC#N)CC2. The van der Waals surface area contributed by atoms with Gasteiger partial charge in [-0.25, -0.2) is 0 Å². The summed E-state index contributed by atoms with van der Waals surface area (Å²) in [6.45, 7) is 2.93. The molecule has 1 aromatic carbocycles. The van der Waals surface area contributed by atoms with E-state index in [4.69, 9.17) is 5.26 Å². The molecule has 0 saturated heterocycles. The van der Waals surface area contributed by atoms with Gasteiger partial charge in [-0.15, -0.1) is 0 Å². The number of fused-ring (bicyclic) bond motifs is 1. The summed E-state index contributed by atoms with van der Waals surface area (Å²) >= 11 is 0. The van der Waals surface area contributed by atoms with E-state index in [1.807, 2.05) is 0 Å². The van der Waals surface area contributed by atoms with Crippen molar-refractivity contribution in [2.24, 2.45) is 0 Å².